The molecule has 1 aromatic carbocycles. The third-order valence-corrected chi connectivity index (χ3v) is 5.80. The number of aryl methyl sites for hydroxylation is 2. The van der Waals surface area contributed by atoms with Gasteiger partial charge in [-0.3, -0.25) is 14.5 Å². The number of nitrogens with zero attached hydrogens (tertiary/aromatic N) is 3. The van der Waals surface area contributed by atoms with E-state index in [2.05, 4.69) is 15.4 Å². The Morgan fingerprint density at radius 1 is 1.16 bits per heavy atom. The number of hydrogen-bond donors (Lipinski definition) is 1. The number of carbonyl (C=O) groups excluding carboxylic acids is 1. The van der Waals surface area contributed by atoms with E-state index in [9.17, 15) is 22.4 Å². The Balaban J connectivity index is 1.81. The van der Waals surface area contributed by atoms with Crippen molar-refractivity contribution in [2.45, 2.75) is 44.4 Å². The summed E-state index contributed by atoms with van der Waals surface area (Å²) in [5, 5.41) is 6.94. The van der Waals surface area contributed by atoms with Crippen molar-refractivity contribution in [3.05, 3.63) is 65.2 Å². The molecule has 5 nitrogen and oxygen atoms in total. The van der Waals surface area contributed by atoms with E-state index in [1.165, 1.54) is 16.9 Å². The summed E-state index contributed by atoms with van der Waals surface area (Å²) in [6, 6.07) is 4.52. The van der Waals surface area contributed by atoms with Gasteiger partial charge in [0.2, 0.25) is 5.92 Å². The van der Waals surface area contributed by atoms with Crippen LogP contribution in [0.25, 0.3) is 11.1 Å². The van der Waals surface area contributed by atoms with E-state index >= 15 is 0 Å². The van der Waals surface area contributed by atoms with Crippen molar-refractivity contribution in [1.29, 1.82) is 0 Å². The molecule has 32 heavy (non-hydrogen) atoms. The van der Waals surface area contributed by atoms with Gasteiger partial charge < -0.3 is 5.32 Å². The fraction of sp³-hybridized carbons (Fsp3) is 0.348. The van der Waals surface area contributed by atoms with E-state index in [-0.39, 0.29) is 48.4 Å². The first-order valence-corrected chi connectivity index (χ1v) is 10.3. The van der Waals surface area contributed by atoms with Crippen LogP contribution in [0.1, 0.15) is 53.3 Å². The molecule has 1 saturated carbocycles. The lowest BCUT2D eigenvalue weighted by molar-refractivity contribution is -0.0384. The molecule has 2 heterocycles. The van der Waals surface area contributed by atoms with Crippen molar-refractivity contribution in [1.82, 2.24) is 14.8 Å². The van der Waals surface area contributed by atoms with Gasteiger partial charge in [-0.2, -0.15) is 5.10 Å². The quantitative estimate of drug-likeness (QED) is 0.530. The number of carbonyl (C=O) groups is 1. The topological polar surface area (TPSA) is 59.8 Å². The maximum Gasteiger partial charge on any atom is 0.259 e. The molecule has 0 spiro atoms. The summed E-state index contributed by atoms with van der Waals surface area (Å²) in [4.78, 5) is 17.4. The highest BCUT2D eigenvalue weighted by atomic mass is 19.3. The van der Waals surface area contributed by atoms with E-state index in [4.69, 9.17) is 0 Å². The van der Waals surface area contributed by atoms with Gasteiger partial charge in [0.25, 0.3) is 5.91 Å². The number of amides is 1. The van der Waals surface area contributed by atoms with Crippen LogP contribution in [-0.4, -0.2) is 26.6 Å². The van der Waals surface area contributed by atoms with E-state index < -0.39 is 23.5 Å². The zero-order valence-electron chi connectivity index (χ0n) is 17.6. The highest BCUT2D eigenvalue weighted by Crippen LogP contribution is 2.44. The average Bonchev–Trinajstić information content (AvgIpc) is 3.08. The molecule has 1 amide bonds. The van der Waals surface area contributed by atoms with Gasteiger partial charge >= 0.3 is 0 Å². The number of anilines is 1. The molecule has 1 aliphatic carbocycles. The first kappa shape index (κ1) is 22.0. The third-order valence-electron chi connectivity index (χ3n) is 5.80. The molecule has 3 aromatic rings. The van der Waals surface area contributed by atoms with Crippen molar-refractivity contribution >= 4 is 11.6 Å². The molecule has 0 radical (unpaired) electrons. The second kappa shape index (κ2) is 8.37. The fourth-order valence-electron chi connectivity index (χ4n) is 4.16. The molecule has 1 fully saturated rings. The minimum Gasteiger partial charge on any atom is -0.320 e. The molecule has 0 aliphatic heterocycles. The van der Waals surface area contributed by atoms with Crippen LogP contribution in [0.4, 0.5) is 23.2 Å². The Morgan fingerprint density at radius 2 is 1.88 bits per heavy atom. The number of aromatic nitrogens is 3. The predicted molar refractivity (Wildman–Crippen MR) is 112 cm³/mol. The number of hydrogen-bond acceptors (Lipinski definition) is 3. The molecule has 0 bridgehead atoms. The van der Waals surface area contributed by atoms with E-state index in [0.29, 0.717) is 17.0 Å². The molecule has 0 unspecified atom stereocenters. The smallest absolute Gasteiger partial charge is 0.259 e. The molecule has 0 atom stereocenters. The lowest BCUT2D eigenvalue weighted by Gasteiger charge is -2.29. The van der Waals surface area contributed by atoms with Gasteiger partial charge in [0.1, 0.15) is 11.6 Å². The summed E-state index contributed by atoms with van der Waals surface area (Å²) in [5.41, 5.74) is 1.57. The van der Waals surface area contributed by atoms with Crippen molar-refractivity contribution in [2.24, 2.45) is 7.05 Å². The van der Waals surface area contributed by atoms with Gasteiger partial charge in [-0.05, 0) is 44.0 Å². The van der Waals surface area contributed by atoms with Crippen LogP contribution in [0.5, 0.6) is 0 Å². The van der Waals surface area contributed by atoms with Crippen LogP contribution in [-0.2, 0) is 7.05 Å². The summed E-state index contributed by atoms with van der Waals surface area (Å²) in [5.74, 6) is -4.90. The lowest BCUT2D eigenvalue weighted by atomic mass is 9.83. The number of nitrogens with one attached hydrogen (secondary N) is 1. The largest absolute Gasteiger partial charge is 0.320 e. The maximum absolute atomic E-state index is 14.6. The molecule has 0 saturated heterocycles. The van der Waals surface area contributed by atoms with Crippen LogP contribution in [0.3, 0.4) is 0 Å². The zero-order chi connectivity index (χ0) is 23.0. The summed E-state index contributed by atoms with van der Waals surface area (Å²) in [6.45, 7) is 1.68. The van der Waals surface area contributed by atoms with Gasteiger partial charge in [0.15, 0.2) is 0 Å². The molecule has 1 aliphatic rings. The minimum atomic E-state index is -2.74. The first-order valence-electron chi connectivity index (χ1n) is 10.3. The van der Waals surface area contributed by atoms with Gasteiger partial charge in [0, 0.05) is 49.3 Å². The minimum absolute atomic E-state index is 0.0482. The van der Waals surface area contributed by atoms with Gasteiger partial charge in [-0.15, -0.1) is 0 Å². The Hall–Kier alpha value is -3.23. The number of rotatable bonds is 4. The zero-order valence-corrected chi connectivity index (χ0v) is 17.6. The highest BCUT2D eigenvalue weighted by molar-refractivity contribution is 6.07. The first-order chi connectivity index (χ1) is 15.1. The number of alkyl halides is 2. The van der Waals surface area contributed by atoms with Crippen LogP contribution < -0.4 is 5.32 Å². The normalized spacial score (nSPS) is 16.2. The molecule has 168 valence electrons. The second-order valence-corrected chi connectivity index (χ2v) is 8.13. The van der Waals surface area contributed by atoms with Crippen LogP contribution in [0, 0.1) is 18.6 Å². The van der Waals surface area contributed by atoms with Crippen LogP contribution in [0.2, 0.25) is 0 Å². The average molecular weight is 446 g/mol. The Bertz CT molecular complexity index is 1160. The predicted octanol–water partition coefficient (Wildman–Crippen LogP) is 5.61. The Labute approximate surface area is 182 Å². The molecule has 9 heteroatoms. The number of benzene rings is 1. The molecule has 4 rings (SSSR count). The van der Waals surface area contributed by atoms with Crippen molar-refractivity contribution in [3.63, 3.8) is 0 Å². The van der Waals surface area contributed by atoms with Crippen LogP contribution >= 0.6 is 0 Å². The SMILES string of the molecule is Cc1nn(C)cc1C(=O)Nc1c(-c2cc(F)ccc2F)ccnc1C1CCC(F)(F)CC1. The van der Waals surface area contributed by atoms with Crippen LogP contribution in [0.15, 0.2) is 36.7 Å². The number of halogens is 4. The highest BCUT2D eigenvalue weighted by Gasteiger charge is 2.37. The summed E-state index contributed by atoms with van der Waals surface area (Å²) >= 11 is 0. The van der Waals surface area contributed by atoms with Gasteiger partial charge in [-0.1, -0.05) is 0 Å². The molecule has 1 N–H and O–H groups in total. The van der Waals surface area contributed by atoms with Crippen molar-refractivity contribution in [3.8, 4) is 11.1 Å². The number of pyridine rings is 1. The van der Waals surface area contributed by atoms with E-state index in [0.717, 1.165) is 18.2 Å². The maximum atomic E-state index is 14.6. The summed E-state index contributed by atoms with van der Waals surface area (Å²) in [6.07, 6.45) is 2.71. The lowest BCUT2D eigenvalue weighted by Crippen LogP contribution is -2.25. The Morgan fingerprint density at radius 3 is 2.53 bits per heavy atom. The van der Waals surface area contributed by atoms with Gasteiger partial charge in [0.05, 0.1) is 22.6 Å². The van der Waals surface area contributed by atoms with Gasteiger partial charge in [-0.25, -0.2) is 17.6 Å². The molecular weight excluding hydrogens is 424 g/mol. The third kappa shape index (κ3) is 4.37. The Kier molecular flexibility index (Phi) is 5.75. The molecular formula is C23H22F4N4O. The molecule has 2 aromatic heterocycles. The summed E-state index contributed by atoms with van der Waals surface area (Å²) < 4.78 is 57.5. The van der Waals surface area contributed by atoms with E-state index in [1.807, 2.05) is 0 Å². The van der Waals surface area contributed by atoms with Crippen molar-refractivity contribution < 1.29 is 22.4 Å². The monoisotopic (exact) mass is 446 g/mol. The fourth-order valence-corrected chi connectivity index (χ4v) is 4.16. The standard InChI is InChI=1S/C23H22F4N4O/c1-13-18(12-31(2)30-13)22(32)29-21-16(17-11-15(24)3-4-19(17)25)7-10-28-20(21)14-5-8-23(26,27)9-6-14/h3-4,7,10-12,14H,5-6,8-9H2,1-2H3,(H,29,32). The van der Waals surface area contributed by atoms with E-state index in [1.54, 1.807) is 20.2 Å². The summed E-state index contributed by atoms with van der Waals surface area (Å²) in [7, 11) is 1.68. The second-order valence-electron chi connectivity index (χ2n) is 8.13. The van der Waals surface area contributed by atoms with Crippen molar-refractivity contribution in [2.75, 3.05) is 5.32 Å².